The van der Waals surface area contributed by atoms with Crippen LogP contribution in [0, 0.1) is 10.1 Å². The first kappa shape index (κ1) is 20.4. The molecule has 0 N–H and O–H groups in total. The largest absolute Gasteiger partial charge is 0.450 e. The first-order valence-corrected chi connectivity index (χ1v) is 10.6. The van der Waals surface area contributed by atoms with Gasteiger partial charge in [-0.05, 0) is 42.0 Å². The SMILES string of the molecule is O=C1c2oc3ccc(Cl)cc3c(=O)c2C(c2cccc([N+](=O)[O-])c2)N1c1cccc(Br)c1. The Kier molecular flexibility index (Phi) is 4.83. The maximum Gasteiger partial charge on any atom is 0.295 e. The molecule has 1 amide bonds. The third kappa shape index (κ3) is 3.19. The van der Waals surface area contributed by atoms with E-state index in [4.69, 9.17) is 16.0 Å². The summed E-state index contributed by atoms with van der Waals surface area (Å²) in [5.74, 6) is -0.607. The predicted octanol–water partition coefficient (Wildman–Crippen LogP) is 5.87. The summed E-state index contributed by atoms with van der Waals surface area (Å²) in [7, 11) is 0. The third-order valence-electron chi connectivity index (χ3n) is 5.32. The van der Waals surface area contributed by atoms with Crippen LogP contribution in [0.2, 0.25) is 5.02 Å². The number of nitro groups is 1. The van der Waals surface area contributed by atoms with Crippen LogP contribution in [0.15, 0.2) is 80.4 Å². The number of carbonyl (C=O) groups excluding carboxylic acids is 1. The lowest BCUT2D eigenvalue weighted by Gasteiger charge is -2.25. The van der Waals surface area contributed by atoms with Crippen LogP contribution in [-0.4, -0.2) is 10.8 Å². The smallest absolute Gasteiger partial charge is 0.295 e. The summed E-state index contributed by atoms with van der Waals surface area (Å²) in [6.45, 7) is 0. The highest BCUT2D eigenvalue weighted by Crippen LogP contribution is 2.42. The van der Waals surface area contributed by atoms with Gasteiger partial charge in [0.05, 0.1) is 21.9 Å². The van der Waals surface area contributed by atoms with Gasteiger partial charge in [0.2, 0.25) is 5.76 Å². The van der Waals surface area contributed by atoms with Crippen LogP contribution >= 0.6 is 27.5 Å². The van der Waals surface area contributed by atoms with Crippen LogP contribution < -0.4 is 10.3 Å². The van der Waals surface area contributed by atoms with Gasteiger partial charge in [0.1, 0.15) is 5.58 Å². The Bertz CT molecular complexity index is 1500. The molecule has 2 heterocycles. The van der Waals surface area contributed by atoms with Gasteiger partial charge in [-0.3, -0.25) is 24.6 Å². The van der Waals surface area contributed by atoms with Crippen molar-refractivity contribution in [3.8, 4) is 0 Å². The molecule has 0 radical (unpaired) electrons. The highest BCUT2D eigenvalue weighted by molar-refractivity contribution is 9.10. The fourth-order valence-electron chi connectivity index (χ4n) is 3.96. The average molecular weight is 512 g/mol. The molecule has 1 atom stereocenters. The van der Waals surface area contributed by atoms with E-state index < -0.39 is 22.3 Å². The number of amides is 1. The second-order valence-corrected chi connectivity index (χ2v) is 8.58. The Balaban J connectivity index is 1.83. The Labute approximate surface area is 194 Å². The molecular weight excluding hydrogens is 500 g/mol. The normalized spacial score (nSPS) is 15.2. The van der Waals surface area contributed by atoms with E-state index in [1.54, 1.807) is 36.4 Å². The first-order valence-electron chi connectivity index (χ1n) is 9.45. The number of fused-ring (bicyclic) bond motifs is 2. The van der Waals surface area contributed by atoms with Gasteiger partial charge in [0.15, 0.2) is 5.43 Å². The van der Waals surface area contributed by atoms with Gasteiger partial charge < -0.3 is 4.42 Å². The monoisotopic (exact) mass is 510 g/mol. The molecule has 158 valence electrons. The minimum Gasteiger partial charge on any atom is -0.450 e. The molecule has 1 unspecified atom stereocenters. The Morgan fingerprint density at radius 2 is 1.81 bits per heavy atom. The highest BCUT2D eigenvalue weighted by Gasteiger charge is 2.44. The number of non-ortho nitro benzene ring substituents is 1. The van der Waals surface area contributed by atoms with Crippen molar-refractivity contribution in [3.05, 3.63) is 113 Å². The summed E-state index contributed by atoms with van der Waals surface area (Å²) in [6, 6.07) is 16.6. The van der Waals surface area contributed by atoms with Gasteiger partial charge in [0, 0.05) is 27.3 Å². The van der Waals surface area contributed by atoms with Crippen molar-refractivity contribution >= 4 is 55.8 Å². The minimum absolute atomic E-state index is 0.0960. The van der Waals surface area contributed by atoms with E-state index in [-0.39, 0.29) is 28.0 Å². The standard InChI is InChI=1S/C23H12BrClN2O5/c24-13-4-2-5-15(10-13)26-20(12-3-1-6-16(9-12)27(30)31)19-21(28)17-11-14(25)7-8-18(17)32-22(19)23(26)29/h1-11,20H. The summed E-state index contributed by atoms with van der Waals surface area (Å²) in [6.07, 6.45) is 0. The van der Waals surface area contributed by atoms with Crippen molar-refractivity contribution in [3.63, 3.8) is 0 Å². The van der Waals surface area contributed by atoms with Crippen molar-refractivity contribution in [2.24, 2.45) is 0 Å². The number of hydrogen-bond donors (Lipinski definition) is 0. The van der Waals surface area contributed by atoms with Gasteiger partial charge in [-0.1, -0.05) is 45.7 Å². The van der Waals surface area contributed by atoms with Crippen molar-refractivity contribution < 1.29 is 14.1 Å². The lowest BCUT2D eigenvalue weighted by atomic mass is 9.98. The maximum atomic E-state index is 13.5. The molecule has 5 rings (SSSR count). The van der Waals surface area contributed by atoms with Gasteiger partial charge in [-0.25, -0.2) is 0 Å². The molecule has 1 aromatic heterocycles. The molecule has 9 heteroatoms. The van der Waals surface area contributed by atoms with E-state index >= 15 is 0 Å². The van der Waals surface area contributed by atoms with E-state index in [2.05, 4.69) is 15.9 Å². The second-order valence-electron chi connectivity index (χ2n) is 7.22. The Morgan fingerprint density at radius 3 is 2.56 bits per heavy atom. The van der Waals surface area contributed by atoms with Crippen LogP contribution in [0.5, 0.6) is 0 Å². The fraction of sp³-hybridized carbons (Fsp3) is 0.0435. The molecule has 0 aliphatic carbocycles. The predicted molar refractivity (Wildman–Crippen MR) is 123 cm³/mol. The molecule has 0 saturated carbocycles. The molecule has 4 aromatic rings. The molecule has 0 spiro atoms. The zero-order valence-corrected chi connectivity index (χ0v) is 18.5. The summed E-state index contributed by atoms with van der Waals surface area (Å²) < 4.78 is 6.60. The lowest BCUT2D eigenvalue weighted by molar-refractivity contribution is -0.384. The number of benzene rings is 3. The maximum absolute atomic E-state index is 13.5. The number of rotatable bonds is 3. The number of carbonyl (C=O) groups is 1. The summed E-state index contributed by atoms with van der Waals surface area (Å²) >= 11 is 9.49. The molecule has 1 aliphatic rings. The van der Waals surface area contributed by atoms with E-state index in [1.165, 1.54) is 35.2 Å². The summed E-state index contributed by atoms with van der Waals surface area (Å²) in [5.41, 5.74) is 0.719. The summed E-state index contributed by atoms with van der Waals surface area (Å²) in [4.78, 5) is 39.3. The molecule has 0 saturated heterocycles. The van der Waals surface area contributed by atoms with Crippen molar-refractivity contribution in [1.29, 1.82) is 0 Å². The molecular formula is C23H12BrClN2O5. The van der Waals surface area contributed by atoms with Crippen LogP contribution in [0.25, 0.3) is 11.0 Å². The van der Waals surface area contributed by atoms with Gasteiger partial charge in [-0.2, -0.15) is 0 Å². The van der Waals surface area contributed by atoms with Gasteiger partial charge >= 0.3 is 0 Å². The summed E-state index contributed by atoms with van der Waals surface area (Å²) in [5, 5.41) is 12.0. The van der Waals surface area contributed by atoms with E-state index in [0.717, 1.165) is 4.47 Å². The zero-order valence-electron chi connectivity index (χ0n) is 16.1. The van der Waals surface area contributed by atoms with Crippen molar-refractivity contribution in [1.82, 2.24) is 0 Å². The van der Waals surface area contributed by atoms with Crippen molar-refractivity contribution in [2.45, 2.75) is 6.04 Å². The quantitative estimate of drug-likeness (QED) is 0.253. The van der Waals surface area contributed by atoms with Crippen LogP contribution in [-0.2, 0) is 0 Å². The van der Waals surface area contributed by atoms with Crippen LogP contribution in [0.4, 0.5) is 11.4 Å². The van der Waals surface area contributed by atoms with E-state index in [1.807, 2.05) is 0 Å². The molecule has 3 aromatic carbocycles. The van der Waals surface area contributed by atoms with E-state index in [0.29, 0.717) is 16.3 Å². The van der Waals surface area contributed by atoms with Gasteiger partial charge in [-0.15, -0.1) is 0 Å². The van der Waals surface area contributed by atoms with Gasteiger partial charge in [0.25, 0.3) is 11.6 Å². The first-order chi connectivity index (χ1) is 15.3. The minimum atomic E-state index is -0.911. The van der Waals surface area contributed by atoms with E-state index in [9.17, 15) is 19.7 Å². The Hall–Kier alpha value is -3.49. The molecule has 32 heavy (non-hydrogen) atoms. The average Bonchev–Trinajstić information content (AvgIpc) is 3.07. The van der Waals surface area contributed by atoms with Crippen LogP contribution in [0.3, 0.4) is 0 Å². The molecule has 7 nitrogen and oxygen atoms in total. The van der Waals surface area contributed by atoms with Crippen molar-refractivity contribution in [2.75, 3.05) is 4.90 Å². The van der Waals surface area contributed by atoms with Crippen LogP contribution in [0.1, 0.15) is 27.7 Å². The molecule has 0 bridgehead atoms. The number of hydrogen-bond acceptors (Lipinski definition) is 5. The number of nitrogens with zero attached hydrogens (tertiary/aromatic N) is 2. The number of nitro benzene ring substituents is 1. The third-order valence-corrected chi connectivity index (χ3v) is 6.04. The highest BCUT2D eigenvalue weighted by atomic mass is 79.9. The number of anilines is 1. The Morgan fingerprint density at radius 1 is 1.03 bits per heavy atom. The second kappa shape index (κ2) is 7.58. The zero-order chi connectivity index (χ0) is 22.6. The number of halogens is 2. The fourth-order valence-corrected chi connectivity index (χ4v) is 4.52. The molecule has 0 fully saturated rings. The lowest BCUT2D eigenvalue weighted by Crippen LogP contribution is -2.29. The molecule has 1 aliphatic heterocycles. The topological polar surface area (TPSA) is 93.7 Å².